The second-order valence-electron chi connectivity index (χ2n) is 5.02. The van der Waals surface area contributed by atoms with Crippen LogP contribution in [0, 0.1) is 0 Å². The van der Waals surface area contributed by atoms with Crippen molar-refractivity contribution in [3.63, 3.8) is 0 Å². The zero-order valence-corrected chi connectivity index (χ0v) is 13.9. The first-order chi connectivity index (χ1) is 11.6. The first-order valence-electron chi connectivity index (χ1n) is 7.50. The van der Waals surface area contributed by atoms with Crippen LogP contribution in [-0.2, 0) is 16.0 Å². The molecule has 0 fully saturated rings. The van der Waals surface area contributed by atoms with E-state index in [-0.39, 0.29) is 0 Å². The molecule has 0 atom stereocenters. The van der Waals surface area contributed by atoms with Crippen molar-refractivity contribution in [1.82, 2.24) is 0 Å². The van der Waals surface area contributed by atoms with Crippen molar-refractivity contribution in [3.8, 4) is 11.5 Å². The second kappa shape index (κ2) is 8.01. The van der Waals surface area contributed by atoms with Crippen LogP contribution in [0.5, 0.6) is 11.5 Å². The molecule has 2 aromatic rings. The quantitative estimate of drug-likeness (QED) is 0.828. The standard InChI is InChI=1S/C18H20N2O4/c1-4-12-5-7-13(8-6-12)19-17(21)18(22)20-15-10-9-14(23-2)11-16(15)24-3/h5-11H,4H2,1-3H3,(H,19,21)(H,20,22). The summed E-state index contributed by atoms with van der Waals surface area (Å²) in [6.45, 7) is 2.04. The number of aryl methyl sites for hydroxylation is 1. The van der Waals surface area contributed by atoms with E-state index in [0.29, 0.717) is 22.9 Å². The first-order valence-corrected chi connectivity index (χ1v) is 7.50. The lowest BCUT2D eigenvalue weighted by atomic mass is 10.1. The number of ether oxygens (including phenoxy) is 2. The van der Waals surface area contributed by atoms with E-state index in [1.165, 1.54) is 14.2 Å². The summed E-state index contributed by atoms with van der Waals surface area (Å²) in [6, 6.07) is 12.2. The van der Waals surface area contributed by atoms with Gasteiger partial charge in [0, 0.05) is 11.8 Å². The number of nitrogens with one attached hydrogen (secondary N) is 2. The summed E-state index contributed by atoms with van der Waals surface area (Å²) in [5, 5.41) is 5.08. The molecule has 126 valence electrons. The van der Waals surface area contributed by atoms with E-state index < -0.39 is 11.8 Å². The molecule has 6 heteroatoms. The number of anilines is 2. The van der Waals surface area contributed by atoms with E-state index in [1.807, 2.05) is 19.1 Å². The van der Waals surface area contributed by atoms with Gasteiger partial charge in [-0.1, -0.05) is 19.1 Å². The number of methoxy groups -OCH3 is 2. The molecule has 2 rings (SSSR count). The summed E-state index contributed by atoms with van der Waals surface area (Å²) < 4.78 is 10.3. The fraction of sp³-hybridized carbons (Fsp3) is 0.222. The molecule has 0 aliphatic heterocycles. The third-order valence-electron chi connectivity index (χ3n) is 3.48. The molecule has 2 N–H and O–H groups in total. The van der Waals surface area contributed by atoms with Crippen molar-refractivity contribution < 1.29 is 19.1 Å². The van der Waals surface area contributed by atoms with Gasteiger partial charge in [-0.3, -0.25) is 9.59 Å². The van der Waals surface area contributed by atoms with E-state index in [0.717, 1.165) is 12.0 Å². The molecule has 2 amide bonds. The lowest BCUT2D eigenvalue weighted by Crippen LogP contribution is -2.29. The Balaban J connectivity index is 2.04. The highest BCUT2D eigenvalue weighted by atomic mass is 16.5. The van der Waals surface area contributed by atoms with Gasteiger partial charge in [-0.15, -0.1) is 0 Å². The van der Waals surface area contributed by atoms with Crippen LogP contribution in [0.25, 0.3) is 0 Å². The molecule has 0 aromatic heterocycles. The molecule has 24 heavy (non-hydrogen) atoms. The summed E-state index contributed by atoms with van der Waals surface area (Å²) in [5.74, 6) is -0.539. The number of carbonyl (C=O) groups is 2. The molecule has 0 saturated heterocycles. The Hall–Kier alpha value is -3.02. The Morgan fingerprint density at radius 3 is 2.17 bits per heavy atom. The summed E-state index contributed by atoms with van der Waals surface area (Å²) >= 11 is 0. The number of hydrogen-bond acceptors (Lipinski definition) is 4. The van der Waals surface area contributed by atoms with Gasteiger partial charge in [-0.05, 0) is 36.2 Å². The monoisotopic (exact) mass is 328 g/mol. The normalized spacial score (nSPS) is 9.96. The summed E-state index contributed by atoms with van der Waals surface area (Å²) in [4.78, 5) is 24.1. The van der Waals surface area contributed by atoms with Crippen molar-refractivity contribution in [2.24, 2.45) is 0 Å². The van der Waals surface area contributed by atoms with Gasteiger partial charge >= 0.3 is 11.8 Å². The Bertz CT molecular complexity index is 726. The van der Waals surface area contributed by atoms with Crippen LogP contribution in [-0.4, -0.2) is 26.0 Å². The second-order valence-corrected chi connectivity index (χ2v) is 5.02. The Kier molecular flexibility index (Phi) is 5.78. The summed E-state index contributed by atoms with van der Waals surface area (Å²) in [5.41, 5.74) is 2.11. The number of carbonyl (C=O) groups excluding carboxylic acids is 2. The van der Waals surface area contributed by atoms with Crippen molar-refractivity contribution >= 4 is 23.2 Å². The van der Waals surface area contributed by atoms with Crippen molar-refractivity contribution in [2.45, 2.75) is 13.3 Å². The lowest BCUT2D eigenvalue weighted by Gasteiger charge is -2.11. The number of amides is 2. The SMILES string of the molecule is CCc1ccc(NC(=O)C(=O)Nc2ccc(OC)cc2OC)cc1. The van der Waals surface area contributed by atoms with E-state index in [2.05, 4.69) is 10.6 Å². The third kappa shape index (κ3) is 4.25. The minimum atomic E-state index is -0.780. The molecule has 0 saturated carbocycles. The lowest BCUT2D eigenvalue weighted by molar-refractivity contribution is -0.133. The molecular weight excluding hydrogens is 308 g/mol. The van der Waals surface area contributed by atoms with E-state index in [9.17, 15) is 9.59 Å². The average molecular weight is 328 g/mol. The van der Waals surface area contributed by atoms with Gasteiger partial charge in [0.15, 0.2) is 0 Å². The minimum Gasteiger partial charge on any atom is -0.497 e. The van der Waals surface area contributed by atoms with Crippen LogP contribution < -0.4 is 20.1 Å². The van der Waals surface area contributed by atoms with Crippen molar-refractivity contribution in [3.05, 3.63) is 48.0 Å². The van der Waals surface area contributed by atoms with Crippen LogP contribution in [0.4, 0.5) is 11.4 Å². The van der Waals surface area contributed by atoms with Gasteiger partial charge in [0.25, 0.3) is 0 Å². The van der Waals surface area contributed by atoms with Crippen LogP contribution >= 0.6 is 0 Å². The van der Waals surface area contributed by atoms with Gasteiger partial charge in [0.2, 0.25) is 0 Å². The average Bonchev–Trinajstić information content (AvgIpc) is 2.62. The van der Waals surface area contributed by atoms with Crippen LogP contribution in [0.3, 0.4) is 0 Å². The molecule has 0 spiro atoms. The Morgan fingerprint density at radius 2 is 1.58 bits per heavy atom. The molecule has 2 aromatic carbocycles. The van der Waals surface area contributed by atoms with Crippen LogP contribution in [0.15, 0.2) is 42.5 Å². The fourth-order valence-corrected chi connectivity index (χ4v) is 2.09. The van der Waals surface area contributed by atoms with Gasteiger partial charge in [-0.25, -0.2) is 0 Å². The molecular formula is C18H20N2O4. The zero-order chi connectivity index (χ0) is 17.5. The van der Waals surface area contributed by atoms with Gasteiger partial charge in [0.05, 0.1) is 19.9 Å². The highest BCUT2D eigenvalue weighted by Crippen LogP contribution is 2.28. The Labute approximate surface area is 140 Å². The molecule has 0 aliphatic rings. The van der Waals surface area contributed by atoms with Crippen LogP contribution in [0.2, 0.25) is 0 Å². The van der Waals surface area contributed by atoms with E-state index >= 15 is 0 Å². The van der Waals surface area contributed by atoms with Crippen molar-refractivity contribution in [2.75, 3.05) is 24.9 Å². The Morgan fingerprint density at radius 1 is 0.917 bits per heavy atom. The molecule has 6 nitrogen and oxygen atoms in total. The molecule has 0 heterocycles. The van der Waals surface area contributed by atoms with Gasteiger partial charge in [0.1, 0.15) is 11.5 Å². The van der Waals surface area contributed by atoms with Crippen LogP contribution in [0.1, 0.15) is 12.5 Å². The maximum absolute atomic E-state index is 12.1. The smallest absolute Gasteiger partial charge is 0.314 e. The van der Waals surface area contributed by atoms with Gasteiger partial charge in [-0.2, -0.15) is 0 Å². The molecule has 0 radical (unpaired) electrons. The van der Waals surface area contributed by atoms with E-state index in [4.69, 9.17) is 9.47 Å². The zero-order valence-electron chi connectivity index (χ0n) is 13.9. The maximum Gasteiger partial charge on any atom is 0.314 e. The minimum absolute atomic E-state index is 0.389. The number of hydrogen-bond donors (Lipinski definition) is 2. The van der Waals surface area contributed by atoms with Crippen molar-refractivity contribution in [1.29, 1.82) is 0 Å². The predicted molar refractivity (Wildman–Crippen MR) is 92.6 cm³/mol. The summed E-state index contributed by atoms with van der Waals surface area (Å²) in [7, 11) is 3.00. The highest BCUT2D eigenvalue weighted by Gasteiger charge is 2.16. The largest absolute Gasteiger partial charge is 0.497 e. The molecule has 0 unspecified atom stereocenters. The topological polar surface area (TPSA) is 76.7 Å². The maximum atomic E-state index is 12.1. The predicted octanol–water partition coefficient (Wildman–Crippen LogP) is 2.84. The highest BCUT2D eigenvalue weighted by molar-refractivity contribution is 6.43. The molecule has 0 bridgehead atoms. The van der Waals surface area contributed by atoms with Gasteiger partial charge < -0.3 is 20.1 Å². The van der Waals surface area contributed by atoms with E-state index in [1.54, 1.807) is 30.3 Å². The summed E-state index contributed by atoms with van der Waals surface area (Å²) in [6.07, 6.45) is 0.909. The third-order valence-corrected chi connectivity index (χ3v) is 3.48. The number of benzene rings is 2. The first kappa shape index (κ1) is 17.3. The number of rotatable bonds is 5. The molecule has 0 aliphatic carbocycles. The fourth-order valence-electron chi connectivity index (χ4n) is 2.09.